The Hall–Kier alpha value is -3.39. The number of hydrogen-bond acceptors (Lipinski definition) is 6. The highest BCUT2D eigenvalue weighted by atomic mass is 16.3. The predicted octanol–water partition coefficient (Wildman–Crippen LogP) is 2.80. The maximum absolute atomic E-state index is 10.6. The van der Waals surface area contributed by atoms with Gasteiger partial charge in [0.25, 0.3) is 0 Å². The average molecular weight is 436 g/mol. The maximum atomic E-state index is 10.6. The number of nitrogens with one attached hydrogen (secondary N) is 3. The van der Waals surface area contributed by atoms with Gasteiger partial charge in [0.1, 0.15) is 12.0 Å². The summed E-state index contributed by atoms with van der Waals surface area (Å²) in [5, 5.41) is 38.9. The van der Waals surface area contributed by atoms with Gasteiger partial charge in [-0.2, -0.15) is 0 Å². The van der Waals surface area contributed by atoms with E-state index in [-0.39, 0.29) is 5.75 Å². The van der Waals surface area contributed by atoms with Gasteiger partial charge in [-0.15, -0.1) is 0 Å². The molecule has 0 saturated carbocycles. The number of aromatic hydroxyl groups is 1. The van der Waals surface area contributed by atoms with Crippen molar-refractivity contribution in [2.24, 2.45) is 0 Å². The first-order valence-corrected chi connectivity index (χ1v) is 10.5. The fourth-order valence-corrected chi connectivity index (χ4v) is 3.36. The molecule has 0 saturated heterocycles. The Bertz CT molecular complexity index is 980. The molecule has 2 atom stereocenters. The highest BCUT2D eigenvalue weighted by Crippen LogP contribution is 2.24. The molecule has 0 heterocycles. The summed E-state index contributed by atoms with van der Waals surface area (Å²) in [4.78, 5) is 10.6. The molecule has 0 fully saturated rings. The van der Waals surface area contributed by atoms with Crippen molar-refractivity contribution in [3.8, 4) is 5.75 Å². The number of aliphatic hydroxyl groups excluding tert-OH is 2. The second-order valence-electron chi connectivity index (χ2n) is 7.54. The van der Waals surface area contributed by atoms with Gasteiger partial charge in [0, 0.05) is 25.2 Å². The lowest BCUT2D eigenvalue weighted by molar-refractivity contribution is -0.105. The van der Waals surface area contributed by atoms with E-state index in [0.29, 0.717) is 31.6 Å². The topological polar surface area (TPSA) is 114 Å². The first-order valence-electron chi connectivity index (χ1n) is 10.5. The maximum Gasteiger partial charge on any atom is 0.211 e. The molecule has 0 aromatic heterocycles. The molecule has 1 amide bonds. The van der Waals surface area contributed by atoms with Crippen LogP contribution in [-0.2, 0) is 17.6 Å². The number of carbonyl (C=O) groups excluding carboxylic acids is 1. The number of anilines is 2. The smallest absolute Gasteiger partial charge is 0.211 e. The van der Waals surface area contributed by atoms with Crippen molar-refractivity contribution in [1.29, 1.82) is 0 Å². The number of benzene rings is 3. The molecule has 7 heteroatoms. The molecule has 32 heavy (non-hydrogen) atoms. The summed E-state index contributed by atoms with van der Waals surface area (Å²) in [5.41, 5.74) is 4.05. The van der Waals surface area contributed by atoms with Gasteiger partial charge in [-0.1, -0.05) is 48.5 Å². The molecular weight excluding hydrogens is 406 g/mol. The summed E-state index contributed by atoms with van der Waals surface area (Å²) < 4.78 is 0. The fourth-order valence-electron chi connectivity index (χ4n) is 3.36. The molecule has 0 bridgehead atoms. The van der Waals surface area contributed by atoms with Gasteiger partial charge in [0.2, 0.25) is 6.41 Å². The average Bonchev–Trinajstić information content (AvgIpc) is 2.81. The van der Waals surface area contributed by atoms with E-state index >= 15 is 0 Å². The third-order valence-corrected chi connectivity index (χ3v) is 5.14. The highest BCUT2D eigenvalue weighted by molar-refractivity contribution is 5.75. The number of phenolic OH excluding ortho intramolecular Hbond substituents is 1. The van der Waals surface area contributed by atoms with Crippen molar-refractivity contribution in [2.45, 2.75) is 25.2 Å². The minimum absolute atomic E-state index is 0.0178. The van der Waals surface area contributed by atoms with Crippen molar-refractivity contribution in [3.63, 3.8) is 0 Å². The molecular formula is C25H29N3O4. The zero-order valence-corrected chi connectivity index (χ0v) is 17.7. The Balaban J connectivity index is 1.40. The Morgan fingerprint density at radius 1 is 0.906 bits per heavy atom. The lowest BCUT2D eigenvalue weighted by Gasteiger charge is -2.15. The molecule has 7 nitrogen and oxygen atoms in total. The van der Waals surface area contributed by atoms with Crippen molar-refractivity contribution in [3.05, 3.63) is 89.5 Å². The summed E-state index contributed by atoms with van der Waals surface area (Å²) in [7, 11) is 0. The van der Waals surface area contributed by atoms with Crippen LogP contribution in [0.5, 0.6) is 5.75 Å². The Morgan fingerprint density at radius 3 is 2.34 bits per heavy atom. The van der Waals surface area contributed by atoms with Crippen LogP contribution in [0.2, 0.25) is 0 Å². The van der Waals surface area contributed by atoms with E-state index in [9.17, 15) is 20.1 Å². The SMILES string of the molecule is O=CNc1cc(CC(O)NCCc2ccc(NCC(O)c3ccccc3)cc2)ccc1O. The van der Waals surface area contributed by atoms with Crippen molar-refractivity contribution in [1.82, 2.24) is 5.32 Å². The zero-order chi connectivity index (χ0) is 22.8. The molecule has 0 aliphatic rings. The van der Waals surface area contributed by atoms with Gasteiger partial charge >= 0.3 is 0 Å². The third-order valence-electron chi connectivity index (χ3n) is 5.14. The van der Waals surface area contributed by atoms with Crippen molar-refractivity contribution in [2.75, 3.05) is 23.7 Å². The second kappa shape index (κ2) is 11.9. The van der Waals surface area contributed by atoms with E-state index in [1.807, 2.05) is 54.6 Å². The van der Waals surface area contributed by atoms with Crippen LogP contribution < -0.4 is 16.0 Å². The van der Waals surface area contributed by atoms with Gasteiger partial charge in [-0.05, 0) is 47.4 Å². The molecule has 3 aromatic rings. The van der Waals surface area contributed by atoms with Crippen LogP contribution in [0, 0.1) is 0 Å². The van der Waals surface area contributed by atoms with Crippen molar-refractivity contribution < 1.29 is 20.1 Å². The van der Waals surface area contributed by atoms with E-state index in [2.05, 4.69) is 16.0 Å². The molecule has 6 N–H and O–H groups in total. The summed E-state index contributed by atoms with van der Waals surface area (Å²) >= 11 is 0. The Kier molecular flexibility index (Phi) is 8.62. The second-order valence-corrected chi connectivity index (χ2v) is 7.54. The summed E-state index contributed by atoms with van der Waals surface area (Å²) in [6, 6.07) is 22.4. The quantitative estimate of drug-likeness (QED) is 0.148. The highest BCUT2D eigenvalue weighted by Gasteiger charge is 2.09. The fraction of sp³-hybridized carbons (Fsp3) is 0.240. The van der Waals surface area contributed by atoms with Gasteiger partial charge in [-0.25, -0.2) is 0 Å². The number of carbonyl (C=O) groups is 1. The molecule has 0 radical (unpaired) electrons. The number of rotatable bonds is 12. The van der Waals surface area contributed by atoms with Gasteiger partial charge in [0.15, 0.2) is 0 Å². The molecule has 168 valence electrons. The minimum atomic E-state index is -0.746. The van der Waals surface area contributed by atoms with E-state index in [1.165, 1.54) is 6.07 Å². The van der Waals surface area contributed by atoms with Crippen LogP contribution in [0.15, 0.2) is 72.8 Å². The van der Waals surface area contributed by atoms with Gasteiger partial charge < -0.3 is 26.0 Å². The minimum Gasteiger partial charge on any atom is -0.506 e. The normalized spacial score (nSPS) is 12.7. The Morgan fingerprint density at radius 2 is 1.62 bits per heavy atom. The molecule has 3 rings (SSSR count). The van der Waals surface area contributed by atoms with E-state index in [0.717, 1.165) is 28.8 Å². The molecule has 3 aromatic carbocycles. The predicted molar refractivity (Wildman–Crippen MR) is 126 cm³/mol. The lowest BCUT2D eigenvalue weighted by atomic mass is 10.1. The first-order chi connectivity index (χ1) is 15.5. The van der Waals surface area contributed by atoms with E-state index < -0.39 is 12.3 Å². The number of phenols is 1. The standard InChI is InChI=1S/C25H29N3O4/c29-17-28-22-14-19(8-11-23(22)30)15-25(32)26-13-12-18-6-9-21(10-7-18)27-16-24(31)20-4-2-1-3-5-20/h1-11,14,17,24-27,30-32H,12-13,15-16H2,(H,28,29). The first kappa shape index (κ1) is 23.3. The van der Waals surface area contributed by atoms with Crippen molar-refractivity contribution >= 4 is 17.8 Å². The van der Waals surface area contributed by atoms with E-state index in [4.69, 9.17) is 0 Å². The van der Waals surface area contributed by atoms with Crippen LogP contribution in [0.4, 0.5) is 11.4 Å². The Labute approximate surface area is 187 Å². The van der Waals surface area contributed by atoms with Gasteiger partial charge in [-0.3, -0.25) is 10.1 Å². The van der Waals surface area contributed by atoms with Crippen LogP contribution in [0.1, 0.15) is 22.8 Å². The molecule has 0 aliphatic carbocycles. The molecule has 0 spiro atoms. The van der Waals surface area contributed by atoms with Crippen LogP contribution in [0.25, 0.3) is 0 Å². The summed E-state index contributed by atoms with van der Waals surface area (Å²) in [6.07, 6.45) is 0.280. The zero-order valence-electron chi connectivity index (χ0n) is 17.7. The monoisotopic (exact) mass is 435 g/mol. The number of hydrogen-bond donors (Lipinski definition) is 6. The van der Waals surface area contributed by atoms with Gasteiger partial charge in [0.05, 0.1) is 11.8 Å². The third kappa shape index (κ3) is 7.09. The number of amides is 1. The number of aliphatic hydroxyl groups is 2. The van der Waals surface area contributed by atoms with E-state index in [1.54, 1.807) is 12.1 Å². The van der Waals surface area contributed by atoms with Crippen LogP contribution >= 0.6 is 0 Å². The lowest BCUT2D eigenvalue weighted by Crippen LogP contribution is -2.32. The summed E-state index contributed by atoms with van der Waals surface area (Å²) in [5.74, 6) is -0.0178. The van der Waals surface area contributed by atoms with Crippen LogP contribution in [0.3, 0.4) is 0 Å². The summed E-state index contributed by atoms with van der Waals surface area (Å²) in [6.45, 7) is 1.02. The largest absolute Gasteiger partial charge is 0.506 e. The van der Waals surface area contributed by atoms with Crippen LogP contribution in [-0.4, -0.2) is 41.0 Å². The molecule has 0 aliphatic heterocycles. The molecule has 2 unspecified atom stereocenters.